The van der Waals surface area contributed by atoms with Crippen LogP contribution in [0, 0.1) is 6.92 Å². The van der Waals surface area contributed by atoms with Gasteiger partial charge in [-0.15, -0.1) is 0 Å². The zero-order valence-electron chi connectivity index (χ0n) is 9.90. The Labute approximate surface area is 98.9 Å². The second kappa shape index (κ2) is 4.57. The zero-order chi connectivity index (χ0) is 12.4. The number of rotatable bonds is 4. The maximum Gasteiger partial charge on any atom is 0.342 e. The molecule has 1 amide bonds. The second-order valence-corrected chi connectivity index (χ2v) is 4.19. The molecule has 1 saturated carbocycles. The Morgan fingerprint density at radius 2 is 2.29 bits per heavy atom. The lowest BCUT2D eigenvalue weighted by molar-refractivity contribution is -0.124. The fourth-order valence-electron chi connectivity index (χ4n) is 1.40. The lowest BCUT2D eigenvalue weighted by Gasteiger charge is -2.05. The van der Waals surface area contributed by atoms with Crippen LogP contribution in [0.4, 0.5) is 0 Å². The van der Waals surface area contributed by atoms with Gasteiger partial charge in [-0.3, -0.25) is 9.48 Å². The monoisotopic (exact) mass is 237 g/mol. The Kier molecular flexibility index (Phi) is 3.12. The highest BCUT2D eigenvalue weighted by molar-refractivity contribution is 5.92. The van der Waals surface area contributed by atoms with Gasteiger partial charge in [0, 0.05) is 18.8 Å². The fourth-order valence-corrected chi connectivity index (χ4v) is 1.40. The third-order valence-corrected chi connectivity index (χ3v) is 2.73. The quantitative estimate of drug-likeness (QED) is 0.757. The summed E-state index contributed by atoms with van der Waals surface area (Å²) in [6.07, 6.45) is 3.47. The number of nitrogens with one attached hydrogen (secondary N) is 1. The van der Waals surface area contributed by atoms with E-state index in [2.05, 4.69) is 10.4 Å². The van der Waals surface area contributed by atoms with Crippen LogP contribution in [0.25, 0.3) is 0 Å². The molecule has 1 fully saturated rings. The molecule has 0 aliphatic heterocycles. The van der Waals surface area contributed by atoms with Crippen molar-refractivity contribution in [2.24, 2.45) is 7.05 Å². The highest BCUT2D eigenvalue weighted by atomic mass is 16.5. The first-order valence-electron chi connectivity index (χ1n) is 5.53. The van der Waals surface area contributed by atoms with E-state index in [1.165, 1.54) is 6.20 Å². The van der Waals surface area contributed by atoms with Crippen molar-refractivity contribution in [3.8, 4) is 0 Å². The first-order chi connectivity index (χ1) is 8.08. The van der Waals surface area contributed by atoms with Gasteiger partial charge in [0.2, 0.25) is 0 Å². The zero-order valence-corrected chi connectivity index (χ0v) is 9.90. The number of carbonyl (C=O) groups excluding carboxylic acids is 2. The molecule has 0 saturated heterocycles. The summed E-state index contributed by atoms with van der Waals surface area (Å²) in [5.74, 6) is -0.760. The summed E-state index contributed by atoms with van der Waals surface area (Å²) in [5.41, 5.74) is 1.12. The maximum atomic E-state index is 11.6. The van der Waals surface area contributed by atoms with E-state index in [0.717, 1.165) is 18.5 Å². The number of aromatic nitrogens is 2. The number of aryl methyl sites for hydroxylation is 1. The molecule has 0 spiro atoms. The summed E-state index contributed by atoms with van der Waals surface area (Å²) < 4.78 is 6.49. The molecule has 0 bridgehead atoms. The van der Waals surface area contributed by atoms with Crippen molar-refractivity contribution in [2.45, 2.75) is 25.8 Å². The number of esters is 1. The van der Waals surface area contributed by atoms with Gasteiger partial charge in [-0.1, -0.05) is 0 Å². The number of hydrogen-bond donors (Lipinski definition) is 1. The fraction of sp³-hybridized carbons (Fsp3) is 0.545. The van der Waals surface area contributed by atoms with E-state index < -0.39 is 5.97 Å². The summed E-state index contributed by atoms with van der Waals surface area (Å²) >= 11 is 0. The van der Waals surface area contributed by atoms with Crippen molar-refractivity contribution in [1.82, 2.24) is 15.1 Å². The van der Waals surface area contributed by atoms with E-state index >= 15 is 0 Å². The minimum atomic E-state index is -0.512. The lowest BCUT2D eigenvalue weighted by Crippen LogP contribution is -2.30. The van der Waals surface area contributed by atoms with Gasteiger partial charge in [-0.2, -0.15) is 5.10 Å². The van der Waals surface area contributed by atoms with E-state index in [0.29, 0.717) is 5.56 Å². The van der Waals surface area contributed by atoms with Crippen molar-refractivity contribution in [3.63, 3.8) is 0 Å². The van der Waals surface area contributed by atoms with Crippen LogP contribution in [0.2, 0.25) is 0 Å². The molecule has 92 valence electrons. The van der Waals surface area contributed by atoms with Crippen LogP contribution in [-0.2, 0) is 16.6 Å². The first kappa shape index (κ1) is 11.6. The van der Waals surface area contributed by atoms with E-state index in [-0.39, 0.29) is 18.6 Å². The molecule has 1 aliphatic rings. The molecule has 0 radical (unpaired) electrons. The van der Waals surface area contributed by atoms with Crippen molar-refractivity contribution >= 4 is 11.9 Å². The number of amides is 1. The summed E-state index contributed by atoms with van der Waals surface area (Å²) in [7, 11) is 1.74. The Morgan fingerprint density at radius 1 is 1.59 bits per heavy atom. The average Bonchev–Trinajstić information content (AvgIpc) is 3.03. The van der Waals surface area contributed by atoms with Gasteiger partial charge in [-0.25, -0.2) is 4.79 Å². The third-order valence-electron chi connectivity index (χ3n) is 2.73. The van der Waals surface area contributed by atoms with Crippen LogP contribution in [0.5, 0.6) is 0 Å². The van der Waals surface area contributed by atoms with Gasteiger partial charge >= 0.3 is 5.97 Å². The highest BCUT2D eigenvalue weighted by Gasteiger charge is 2.24. The van der Waals surface area contributed by atoms with Crippen molar-refractivity contribution in [1.29, 1.82) is 0 Å². The van der Waals surface area contributed by atoms with Crippen LogP contribution >= 0.6 is 0 Å². The largest absolute Gasteiger partial charge is 0.452 e. The standard InChI is InChI=1S/C11H15N3O3/c1-7-9(5-12-14(7)2)11(16)17-6-10(15)13-8-3-4-8/h5,8H,3-4,6H2,1-2H3,(H,13,15). The van der Waals surface area contributed by atoms with Crippen molar-refractivity contribution in [3.05, 3.63) is 17.5 Å². The number of carbonyl (C=O) groups is 2. The van der Waals surface area contributed by atoms with Gasteiger partial charge in [0.1, 0.15) is 5.56 Å². The van der Waals surface area contributed by atoms with Crippen molar-refractivity contribution < 1.29 is 14.3 Å². The van der Waals surface area contributed by atoms with Crippen LogP contribution in [0.15, 0.2) is 6.20 Å². The molecule has 1 N–H and O–H groups in total. The second-order valence-electron chi connectivity index (χ2n) is 4.19. The molecular formula is C11H15N3O3. The highest BCUT2D eigenvalue weighted by Crippen LogP contribution is 2.18. The van der Waals surface area contributed by atoms with Crippen molar-refractivity contribution in [2.75, 3.05) is 6.61 Å². The van der Waals surface area contributed by atoms with Crippen LogP contribution < -0.4 is 5.32 Å². The molecule has 1 heterocycles. The van der Waals surface area contributed by atoms with Crippen LogP contribution in [-0.4, -0.2) is 34.3 Å². The molecule has 6 heteroatoms. The minimum Gasteiger partial charge on any atom is -0.452 e. The van der Waals surface area contributed by atoms with Gasteiger partial charge < -0.3 is 10.1 Å². The van der Waals surface area contributed by atoms with E-state index in [4.69, 9.17) is 4.74 Å². The van der Waals surface area contributed by atoms with E-state index in [9.17, 15) is 9.59 Å². The molecule has 1 aromatic rings. The smallest absolute Gasteiger partial charge is 0.342 e. The SMILES string of the molecule is Cc1c(C(=O)OCC(=O)NC2CC2)cnn1C. The number of hydrogen-bond acceptors (Lipinski definition) is 4. The molecule has 6 nitrogen and oxygen atoms in total. The average molecular weight is 237 g/mol. The predicted molar refractivity (Wildman–Crippen MR) is 59.4 cm³/mol. The summed E-state index contributed by atoms with van der Waals surface area (Å²) in [6, 6.07) is 0.279. The van der Waals surface area contributed by atoms with Gasteiger partial charge in [0.05, 0.1) is 6.20 Å². The predicted octanol–water partition coefficient (Wildman–Crippen LogP) is 0.164. The first-order valence-corrected chi connectivity index (χ1v) is 5.53. The Bertz CT molecular complexity index is 449. The van der Waals surface area contributed by atoms with Gasteiger partial charge in [0.25, 0.3) is 5.91 Å². The molecule has 2 rings (SSSR count). The molecule has 1 aromatic heterocycles. The van der Waals surface area contributed by atoms with Crippen LogP contribution in [0.1, 0.15) is 28.9 Å². The van der Waals surface area contributed by atoms with E-state index in [1.54, 1.807) is 18.7 Å². The Hall–Kier alpha value is -1.85. The number of nitrogens with zero attached hydrogens (tertiary/aromatic N) is 2. The topological polar surface area (TPSA) is 73.2 Å². The Balaban J connectivity index is 1.84. The van der Waals surface area contributed by atoms with E-state index in [1.807, 2.05) is 0 Å². The van der Waals surface area contributed by atoms with Crippen LogP contribution in [0.3, 0.4) is 0 Å². The molecule has 0 unspecified atom stereocenters. The Morgan fingerprint density at radius 3 is 2.82 bits per heavy atom. The molecule has 17 heavy (non-hydrogen) atoms. The molecule has 0 atom stereocenters. The summed E-state index contributed by atoms with van der Waals surface area (Å²) in [6.45, 7) is 1.54. The third kappa shape index (κ3) is 2.83. The molecule has 0 aromatic carbocycles. The minimum absolute atomic E-state index is 0.232. The summed E-state index contributed by atoms with van der Waals surface area (Å²) in [5, 5.41) is 6.68. The molecular weight excluding hydrogens is 222 g/mol. The molecule has 1 aliphatic carbocycles. The normalized spacial score (nSPS) is 14.5. The lowest BCUT2D eigenvalue weighted by atomic mass is 10.3. The van der Waals surface area contributed by atoms with Gasteiger partial charge in [0.15, 0.2) is 6.61 Å². The van der Waals surface area contributed by atoms with Gasteiger partial charge in [-0.05, 0) is 19.8 Å². The number of ether oxygens (including phenoxy) is 1. The maximum absolute atomic E-state index is 11.6. The summed E-state index contributed by atoms with van der Waals surface area (Å²) in [4.78, 5) is 22.9.